The van der Waals surface area contributed by atoms with Crippen molar-refractivity contribution in [2.75, 3.05) is 33.1 Å². The van der Waals surface area contributed by atoms with Gasteiger partial charge in [-0.3, -0.25) is 14.5 Å². The molecule has 4 atom stereocenters. The summed E-state index contributed by atoms with van der Waals surface area (Å²) in [5, 5.41) is 19.0. The number of hydrogen-bond donors (Lipinski definition) is 1. The van der Waals surface area contributed by atoms with Crippen LogP contribution in [0.2, 0.25) is 18.1 Å². The number of halogens is 1. The van der Waals surface area contributed by atoms with E-state index >= 15 is 9.59 Å². The molecular weight excluding hydrogens is 738 g/mol. The summed E-state index contributed by atoms with van der Waals surface area (Å²) in [4.78, 5) is 34.7. The van der Waals surface area contributed by atoms with Crippen molar-refractivity contribution in [1.29, 1.82) is 0 Å². The molecule has 0 amide bonds. The molecule has 0 bridgehead atoms. The van der Waals surface area contributed by atoms with Crippen molar-refractivity contribution in [2.24, 2.45) is 11.8 Å². The van der Waals surface area contributed by atoms with E-state index in [2.05, 4.69) is 65.9 Å². The Morgan fingerprint density at radius 2 is 1.73 bits per heavy atom. The van der Waals surface area contributed by atoms with Gasteiger partial charge in [-0.1, -0.05) is 73.1 Å². The van der Waals surface area contributed by atoms with Crippen molar-refractivity contribution < 1.29 is 28.4 Å². The fourth-order valence-electron chi connectivity index (χ4n) is 8.55. The van der Waals surface area contributed by atoms with E-state index in [1.54, 1.807) is 0 Å². The Bertz CT molecular complexity index is 2150. The molecule has 0 saturated carbocycles. The lowest BCUT2D eigenvalue weighted by Crippen LogP contribution is -2.65. The van der Waals surface area contributed by atoms with Crippen LogP contribution in [0.4, 0.5) is 5.69 Å². The molecule has 0 fully saturated rings. The second-order valence-electron chi connectivity index (χ2n) is 16.6. The van der Waals surface area contributed by atoms with E-state index < -0.39 is 31.7 Å². The molecule has 274 valence electrons. The van der Waals surface area contributed by atoms with Gasteiger partial charge in [-0.2, -0.15) is 0 Å². The zero-order valence-corrected chi connectivity index (χ0v) is 34.3. The number of anilines is 1. The van der Waals surface area contributed by atoms with Gasteiger partial charge in [0.2, 0.25) is 5.78 Å². The van der Waals surface area contributed by atoms with Gasteiger partial charge < -0.3 is 23.7 Å². The van der Waals surface area contributed by atoms with Crippen LogP contribution in [0.1, 0.15) is 76.4 Å². The molecule has 3 aliphatic carbocycles. The molecule has 3 aliphatic rings. The molecular formula is C41H48BrN3O6Si. The highest BCUT2D eigenvalue weighted by Gasteiger charge is 2.67. The number of Topliss-reactive ketones (excluding diaryl/α,β-unsaturated/α-hetero) is 2. The molecule has 1 aromatic heterocycles. The Labute approximate surface area is 315 Å². The first-order chi connectivity index (χ1) is 24.4. The normalized spacial score (nSPS) is 23.0. The maximum absolute atomic E-state index is 15.5. The van der Waals surface area contributed by atoms with Gasteiger partial charge in [0.05, 0.1) is 6.04 Å². The molecule has 0 radical (unpaired) electrons. The molecule has 0 aliphatic heterocycles. The number of benzene rings is 3. The quantitative estimate of drug-likeness (QED) is 0.184. The zero-order chi connectivity index (χ0) is 37.7. The number of ketones is 2. The maximum atomic E-state index is 15.5. The highest BCUT2D eigenvalue weighted by Crippen LogP contribution is 2.60. The second kappa shape index (κ2) is 12.7. The molecule has 1 heterocycles. The lowest BCUT2D eigenvalue weighted by atomic mass is 9.58. The number of carbonyl (C=O) groups is 2. The molecule has 52 heavy (non-hydrogen) atoms. The average molecular weight is 787 g/mol. The summed E-state index contributed by atoms with van der Waals surface area (Å²) in [6, 6.07) is 15.3. The number of allylic oxidation sites excluding steroid dienone is 1. The number of nitrogens with zero attached hydrogens (tertiary/aromatic N) is 3. The van der Waals surface area contributed by atoms with Crippen molar-refractivity contribution in [3.05, 3.63) is 97.9 Å². The summed E-state index contributed by atoms with van der Waals surface area (Å²) in [5.74, 6) is -1.53. The first-order valence-electron chi connectivity index (χ1n) is 17.9. The van der Waals surface area contributed by atoms with Crippen LogP contribution < -0.4 is 9.64 Å². The second-order valence-corrected chi connectivity index (χ2v) is 22.2. The summed E-state index contributed by atoms with van der Waals surface area (Å²) in [6.07, 6.45) is 0.939. The fourth-order valence-corrected chi connectivity index (χ4v) is 10.4. The summed E-state index contributed by atoms with van der Waals surface area (Å²) in [5.41, 5.74) is 2.84. The van der Waals surface area contributed by atoms with Crippen molar-refractivity contribution in [2.45, 2.75) is 76.9 Å². The molecule has 0 saturated heterocycles. The Morgan fingerprint density at radius 3 is 2.37 bits per heavy atom. The minimum atomic E-state index is -2.82. The summed E-state index contributed by atoms with van der Waals surface area (Å²) in [6.45, 7) is 12.6. The van der Waals surface area contributed by atoms with E-state index in [1.807, 2.05) is 82.5 Å². The maximum Gasteiger partial charge on any atom is 0.265 e. The standard InChI is InChI=1S/C41H48BrN3O6Si/c1-22-27-20-25(42)16-17-26(27)33(44(5)6)28-18-24-19-29-34(45(7)8)36-32(39(43-50-36)49-21-23-14-12-11-13-15-23)38(48)41(29,51-52(9,10)40(2,3)4)37(47)31(24)35(46)30(22)28/h11-17,20,24,29,34,47H,18-19,21H2,1-10H3/t24-,29-,34-,41?/m0/s1. The van der Waals surface area contributed by atoms with E-state index in [0.717, 1.165) is 37.6 Å². The van der Waals surface area contributed by atoms with Crippen LogP contribution in [0.25, 0.3) is 10.8 Å². The van der Waals surface area contributed by atoms with Crippen LogP contribution in [-0.2, 0) is 17.5 Å². The minimum absolute atomic E-state index is 0.0520. The molecule has 9 nitrogen and oxygen atoms in total. The molecule has 7 rings (SSSR count). The van der Waals surface area contributed by atoms with Crippen LogP contribution in [-0.4, -0.2) is 68.8 Å². The number of aromatic nitrogens is 1. The largest absolute Gasteiger partial charge is 0.508 e. The molecule has 3 aromatic carbocycles. The Balaban J connectivity index is 1.48. The van der Waals surface area contributed by atoms with Gasteiger partial charge in [0.1, 0.15) is 17.9 Å². The third kappa shape index (κ3) is 5.41. The Morgan fingerprint density at radius 1 is 1.04 bits per heavy atom. The van der Waals surface area contributed by atoms with E-state index in [4.69, 9.17) is 13.7 Å². The topological polar surface area (TPSA) is 105 Å². The monoisotopic (exact) mass is 785 g/mol. The summed E-state index contributed by atoms with van der Waals surface area (Å²) < 4.78 is 20.5. The average Bonchev–Trinajstić information content (AvgIpc) is 3.48. The Hall–Kier alpha value is -3.77. The van der Waals surface area contributed by atoms with Gasteiger partial charge in [-0.25, -0.2) is 0 Å². The van der Waals surface area contributed by atoms with Gasteiger partial charge >= 0.3 is 0 Å². The smallest absolute Gasteiger partial charge is 0.265 e. The van der Waals surface area contributed by atoms with Gasteiger partial charge in [-0.05, 0) is 97.3 Å². The third-order valence-electron chi connectivity index (χ3n) is 11.9. The lowest BCUT2D eigenvalue weighted by Gasteiger charge is -2.55. The van der Waals surface area contributed by atoms with Crippen molar-refractivity contribution in [3.8, 4) is 5.88 Å². The van der Waals surface area contributed by atoms with Crippen LogP contribution in [0.3, 0.4) is 0 Å². The van der Waals surface area contributed by atoms with E-state index in [-0.39, 0.29) is 46.1 Å². The first-order valence-corrected chi connectivity index (χ1v) is 21.6. The van der Waals surface area contributed by atoms with Crippen molar-refractivity contribution in [3.63, 3.8) is 0 Å². The number of carbonyl (C=O) groups excluding carboxylic acids is 2. The van der Waals surface area contributed by atoms with Crippen LogP contribution in [0.15, 0.2) is 68.9 Å². The van der Waals surface area contributed by atoms with Crippen molar-refractivity contribution in [1.82, 2.24) is 10.1 Å². The van der Waals surface area contributed by atoms with E-state index in [0.29, 0.717) is 24.2 Å². The number of aryl methyl sites for hydroxylation is 1. The highest BCUT2D eigenvalue weighted by atomic mass is 79.9. The summed E-state index contributed by atoms with van der Waals surface area (Å²) >= 11 is 3.63. The summed E-state index contributed by atoms with van der Waals surface area (Å²) in [7, 11) is 5.05. The molecule has 1 unspecified atom stereocenters. The van der Waals surface area contributed by atoms with Gasteiger partial charge in [-0.15, -0.1) is 0 Å². The third-order valence-corrected chi connectivity index (χ3v) is 16.9. The lowest BCUT2D eigenvalue weighted by molar-refractivity contribution is -0.0480. The molecule has 1 N–H and O–H groups in total. The number of rotatable bonds is 7. The number of hydrogen-bond acceptors (Lipinski definition) is 9. The van der Waals surface area contributed by atoms with Gasteiger partial charge in [0.25, 0.3) is 5.88 Å². The van der Waals surface area contributed by atoms with Gasteiger partial charge in [0, 0.05) is 46.7 Å². The van der Waals surface area contributed by atoms with Crippen molar-refractivity contribution >= 4 is 52.3 Å². The fraction of sp³-hybridized carbons (Fsp3) is 0.439. The number of aliphatic hydroxyl groups is 1. The van der Waals surface area contributed by atoms with Crippen LogP contribution in [0, 0.1) is 18.8 Å². The number of aliphatic hydroxyl groups excluding tert-OH is 1. The number of fused-ring (bicyclic) bond motifs is 5. The predicted molar refractivity (Wildman–Crippen MR) is 209 cm³/mol. The van der Waals surface area contributed by atoms with Crippen LogP contribution in [0.5, 0.6) is 5.88 Å². The van der Waals surface area contributed by atoms with E-state index in [1.165, 1.54) is 0 Å². The minimum Gasteiger partial charge on any atom is -0.508 e. The Kier molecular flexibility index (Phi) is 8.92. The zero-order valence-electron chi connectivity index (χ0n) is 31.7. The predicted octanol–water partition coefficient (Wildman–Crippen LogP) is 8.99. The highest BCUT2D eigenvalue weighted by molar-refractivity contribution is 9.10. The molecule has 4 aromatic rings. The first kappa shape index (κ1) is 36.6. The molecule has 0 spiro atoms. The van der Waals surface area contributed by atoms with Crippen LogP contribution >= 0.6 is 15.9 Å². The molecule has 11 heteroatoms. The van der Waals surface area contributed by atoms with Gasteiger partial charge in [0.15, 0.2) is 25.5 Å². The number of ether oxygens (including phenoxy) is 1. The SMILES string of the molecule is Cc1c2c(c(N(C)C)c3ccc(Br)cc13)C[C@H]1C[C@H]3[C@H](N(C)C)c4onc(OCc5ccccc5)c4C(=O)C3(O[Si](C)(C)C(C)(C)C)C(O)=C1C2=O. The van der Waals surface area contributed by atoms with E-state index in [9.17, 15) is 5.11 Å².